The number of nitrogens with zero attached hydrogens (tertiary/aromatic N) is 1. The number of nitrogens with one attached hydrogen (secondary N) is 4. The fraction of sp³-hybridized carbons (Fsp3) is 0.615. The zero-order valence-electron chi connectivity index (χ0n) is 20.4. The van der Waals surface area contributed by atoms with Gasteiger partial charge in [-0.25, -0.2) is 4.39 Å². The Kier molecular flexibility index (Phi) is 6.83. The number of likely N-dealkylation sites (tertiary alicyclic amines) is 1. The Morgan fingerprint density at radius 2 is 2.00 bits per heavy atom. The van der Waals surface area contributed by atoms with Gasteiger partial charge in [0.2, 0.25) is 11.8 Å². The lowest BCUT2D eigenvalue weighted by Crippen LogP contribution is -2.57. The summed E-state index contributed by atoms with van der Waals surface area (Å²) < 4.78 is 13.8. The molecule has 6 atom stereocenters. The number of hydrogen-bond donors (Lipinski definition) is 5. The minimum absolute atomic E-state index is 0.0562. The molecule has 5 N–H and O–H groups in total. The summed E-state index contributed by atoms with van der Waals surface area (Å²) in [6.07, 6.45) is 6.28. The molecule has 2 amide bonds. The van der Waals surface area contributed by atoms with Crippen molar-refractivity contribution in [1.82, 2.24) is 25.8 Å². The highest BCUT2D eigenvalue weighted by atomic mass is 19.1. The number of β-amino-alcohol motifs (C(OH)–C–C–N with tert-alkyl or cyclic N) is 1. The highest BCUT2D eigenvalue weighted by Crippen LogP contribution is 2.40. The van der Waals surface area contributed by atoms with E-state index in [9.17, 15) is 19.1 Å². The summed E-state index contributed by atoms with van der Waals surface area (Å²) in [4.78, 5) is 31.9. The van der Waals surface area contributed by atoms with Gasteiger partial charge < -0.3 is 30.9 Å². The van der Waals surface area contributed by atoms with Crippen LogP contribution in [0.5, 0.6) is 0 Å². The highest BCUT2D eigenvalue weighted by molar-refractivity contribution is 5.90. The number of carbonyl (C=O) groups is 2. The molecule has 1 aromatic heterocycles. The molecule has 2 aromatic rings. The molecular weight excluding hydrogens is 449 g/mol. The summed E-state index contributed by atoms with van der Waals surface area (Å²) >= 11 is 0. The molecule has 8 nitrogen and oxygen atoms in total. The standard InChI is InChI=1S/C26H36FN5O3/c1-14(28-2)25(34)31-22(15-6-4-3-5-7-15)26(35)32-13-21(33)23-24(32)19(12-30-23)18-11-29-20-10-16(27)8-9-17(18)20/h8-11,14-15,19,21-24,28-30,33H,3-7,12-13H2,1-2H3,(H,31,34)/t14-,19-,21+,22-,23+,24+/m0/s1. The fourth-order valence-electron chi connectivity index (χ4n) is 6.36. The second kappa shape index (κ2) is 9.87. The second-order valence-corrected chi connectivity index (χ2v) is 10.4. The number of aliphatic hydroxyl groups excluding tert-OH is 1. The number of aliphatic hydroxyl groups is 1. The van der Waals surface area contributed by atoms with Crippen LogP contribution < -0.4 is 16.0 Å². The third-order valence-electron chi connectivity index (χ3n) is 8.38. The van der Waals surface area contributed by atoms with Crippen molar-refractivity contribution in [2.75, 3.05) is 20.1 Å². The van der Waals surface area contributed by atoms with Crippen LogP contribution in [0.15, 0.2) is 24.4 Å². The number of rotatable bonds is 6. The van der Waals surface area contributed by atoms with E-state index >= 15 is 0 Å². The van der Waals surface area contributed by atoms with Crippen LogP contribution in [0.3, 0.4) is 0 Å². The van der Waals surface area contributed by atoms with Crippen LogP contribution in [0.4, 0.5) is 4.39 Å². The monoisotopic (exact) mass is 485 g/mol. The van der Waals surface area contributed by atoms with E-state index in [1.807, 2.05) is 6.20 Å². The Balaban J connectivity index is 1.45. The minimum atomic E-state index is -0.685. The SMILES string of the molecule is CN[C@@H](C)C(=O)N[C@H](C(=O)N1C[C@@H](O)[C@H]2NC[C@@H](c3c[nH]c4cc(F)ccc34)[C@H]21)C1CCCCC1. The number of halogens is 1. The van der Waals surface area contributed by atoms with Gasteiger partial charge in [-0.05, 0) is 56.5 Å². The van der Waals surface area contributed by atoms with E-state index in [1.165, 1.54) is 12.1 Å². The van der Waals surface area contributed by atoms with Crippen molar-refractivity contribution in [3.8, 4) is 0 Å². The van der Waals surface area contributed by atoms with Crippen molar-refractivity contribution >= 4 is 22.7 Å². The molecule has 190 valence electrons. The smallest absolute Gasteiger partial charge is 0.245 e. The van der Waals surface area contributed by atoms with E-state index in [0.717, 1.165) is 43.1 Å². The fourth-order valence-corrected chi connectivity index (χ4v) is 6.36. The van der Waals surface area contributed by atoms with E-state index in [2.05, 4.69) is 20.9 Å². The van der Waals surface area contributed by atoms with Gasteiger partial charge in [-0.3, -0.25) is 9.59 Å². The Labute approximate surface area is 205 Å². The highest BCUT2D eigenvalue weighted by Gasteiger charge is 2.53. The first-order chi connectivity index (χ1) is 16.9. The van der Waals surface area contributed by atoms with E-state index < -0.39 is 18.2 Å². The first-order valence-electron chi connectivity index (χ1n) is 12.8. The molecular formula is C26H36FN5O3. The topological polar surface area (TPSA) is 109 Å². The van der Waals surface area contributed by atoms with Crippen molar-refractivity contribution in [2.24, 2.45) is 5.92 Å². The Morgan fingerprint density at radius 3 is 2.74 bits per heavy atom. The average Bonchev–Trinajstić information content (AvgIpc) is 3.56. The van der Waals surface area contributed by atoms with Crippen LogP contribution in [-0.2, 0) is 9.59 Å². The summed E-state index contributed by atoms with van der Waals surface area (Å²) in [5.74, 6) is -0.570. The number of H-pyrrole nitrogens is 1. The molecule has 0 unspecified atom stereocenters. The van der Waals surface area contributed by atoms with Crippen LogP contribution in [0.2, 0.25) is 0 Å². The average molecular weight is 486 g/mol. The minimum Gasteiger partial charge on any atom is -0.390 e. The molecule has 3 fully saturated rings. The number of fused-ring (bicyclic) bond motifs is 2. The number of aromatic amines is 1. The van der Waals surface area contributed by atoms with Gasteiger partial charge in [-0.15, -0.1) is 0 Å². The molecule has 2 saturated heterocycles. The first kappa shape index (κ1) is 24.2. The molecule has 1 aromatic carbocycles. The molecule has 5 rings (SSSR count). The van der Waals surface area contributed by atoms with Crippen molar-refractivity contribution < 1.29 is 19.1 Å². The summed E-state index contributed by atoms with van der Waals surface area (Å²) in [5.41, 5.74) is 1.72. The van der Waals surface area contributed by atoms with Crippen molar-refractivity contribution in [3.05, 3.63) is 35.8 Å². The lowest BCUT2D eigenvalue weighted by molar-refractivity contribution is -0.140. The number of aromatic nitrogens is 1. The van der Waals surface area contributed by atoms with Gasteiger partial charge in [-0.2, -0.15) is 0 Å². The van der Waals surface area contributed by atoms with E-state index in [-0.39, 0.29) is 48.1 Å². The van der Waals surface area contributed by atoms with Gasteiger partial charge in [0.25, 0.3) is 0 Å². The van der Waals surface area contributed by atoms with Crippen LogP contribution >= 0.6 is 0 Å². The van der Waals surface area contributed by atoms with Gasteiger partial charge in [0.15, 0.2) is 0 Å². The molecule has 3 aliphatic rings. The van der Waals surface area contributed by atoms with Crippen LogP contribution in [0.25, 0.3) is 10.9 Å². The Morgan fingerprint density at radius 1 is 1.23 bits per heavy atom. The van der Waals surface area contributed by atoms with Gasteiger partial charge in [0.05, 0.1) is 24.2 Å². The number of benzene rings is 1. The molecule has 35 heavy (non-hydrogen) atoms. The van der Waals surface area contributed by atoms with E-state index in [4.69, 9.17) is 0 Å². The molecule has 0 radical (unpaired) electrons. The lowest BCUT2D eigenvalue weighted by Gasteiger charge is -2.36. The van der Waals surface area contributed by atoms with Gasteiger partial charge in [0, 0.05) is 36.1 Å². The molecule has 2 aliphatic heterocycles. The van der Waals surface area contributed by atoms with E-state index in [1.54, 1.807) is 24.9 Å². The second-order valence-electron chi connectivity index (χ2n) is 10.4. The number of carbonyl (C=O) groups excluding carboxylic acids is 2. The van der Waals surface area contributed by atoms with Crippen LogP contribution in [0, 0.1) is 11.7 Å². The molecule has 9 heteroatoms. The predicted molar refractivity (Wildman–Crippen MR) is 131 cm³/mol. The molecule has 0 spiro atoms. The van der Waals surface area contributed by atoms with Crippen molar-refractivity contribution in [3.63, 3.8) is 0 Å². The number of likely N-dealkylation sites (N-methyl/N-ethyl adjacent to an activating group) is 1. The summed E-state index contributed by atoms with van der Waals surface area (Å²) in [5, 5.41) is 21.2. The maximum absolute atomic E-state index is 14.1. The van der Waals surface area contributed by atoms with E-state index in [0.29, 0.717) is 12.1 Å². The Bertz CT molecular complexity index is 1080. The Hall–Kier alpha value is -2.49. The zero-order chi connectivity index (χ0) is 24.7. The maximum atomic E-state index is 14.1. The van der Waals surface area contributed by atoms with Gasteiger partial charge in [-0.1, -0.05) is 19.3 Å². The number of amides is 2. The molecule has 3 heterocycles. The molecule has 0 bridgehead atoms. The van der Waals surface area contributed by atoms with Crippen molar-refractivity contribution in [2.45, 2.75) is 75.2 Å². The van der Waals surface area contributed by atoms with Crippen molar-refractivity contribution in [1.29, 1.82) is 0 Å². The van der Waals surface area contributed by atoms with Crippen LogP contribution in [0.1, 0.15) is 50.5 Å². The summed E-state index contributed by atoms with van der Waals surface area (Å²) in [7, 11) is 1.73. The summed E-state index contributed by atoms with van der Waals surface area (Å²) in [6, 6.07) is 3.19. The first-order valence-corrected chi connectivity index (χ1v) is 12.8. The zero-order valence-corrected chi connectivity index (χ0v) is 20.4. The van der Waals surface area contributed by atoms with Crippen LogP contribution in [-0.4, -0.2) is 77.2 Å². The molecule has 1 aliphatic carbocycles. The maximum Gasteiger partial charge on any atom is 0.245 e. The normalized spacial score (nSPS) is 28.7. The quantitative estimate of drug-likeness (QED) is 0.427. The predicted octanol–water partition coefficient (Wildman–Crippen LogP) is 1.61. The lowest BCUT2D eigenvalue weighted by atomic mass is 9.82. The third kappa shape index (κ3) is 4.45. The number of hydrogen-bond acceptors (Lipinski definition) is 5. The molecule has 1 saturated carbocycles. The van der Waals surface area contributed by atoms with Gasteiger partial charge >= 0.3 is 0 Å². The largest absolute Gasteiger partial charge is 0.390 e. The van der Waals surface area contributed by atoms with Gasteiger partial charge in [0.1, 0.15) is 11.9 Å². The third-order valence-corrected chi connectivity index (χ3v) is 8.38. The summed E-state index contributed by atoms with van der Waals surface area (Å²) in [6.45, 7) is 2.62.